The zero-order valence-electron chi connectivity index (χ0n) is 20.5. The number of carbonyl (C=O) groups excluding carboxylic acids is 1. The average Bonchev–Trinajstić information content (AvgIpc) is 3.25. The number of anilines is 1. The Labute approximate surface area is 198 Å². The second-order valence-corrected chi connectivity index (χ2v) is 10.6. The number of benzene rings is 1. The van der Waals surface area contributed by atoms with Gasteiger partial charge in [-0.2, -0.15) is 5.10 Å². The van der Waals surface area contributed by atoms with E-state index in [1.807, 2.05) is 0 Å². The lowest BCUT2D eigenvalue weighted by Crippen LogP contribution is -2.56. The molecule has 2 aromatic rings. The average molecular weight is 450 g/mol. The molecule has 6 heteroatoms. The number of carbonyl (C=O) groups is 1. The Kier molecular flexibility index (Phi) is 6.46. The number of nitrogens with one attached hydrogen (secondary N) is 1. The first kappa shape index (κ1) is 22.5. The highest BCUT2D eigenvalue weighted by Crippen LogP contribution is 2.42. The van der Waals surface area contributed by atoms with Crippen molar-refractivity contribution in [1.82, 2.24) is 20.0 Å². The molecule has 0 radical (unpaired) electrons. The Morgan fingerprint density at radius 3 is 2.55 bits per heavy atom. The van der Waals surface area contributed by atoms with Gasteiger partial charge in [-0.25, -0.2) is 0 Å². The molecule has 1 amide bonds. The van der Waals surface area contributed by atoms with Crippen LogP contribution in [0.5, 0.6) is 0 Å². The third-order valence-electron chi connectivity index (χ3n) is 8.34. The Morgan fingerprint density at radius 1 is 1.12 bits per heavy atom. The molecule has 1 unspecified atom stereocenters. The van der Waals surface area contributed by atoms with E-state index in [-0.39, 0.29) is 5.92 Å². The lowest BCUT2D eigenvalue weighted by molar-refractivity contribution is -0.126. The van der Waals surface area contributed by atoms with Crippen LogP contribution in [0.25, 0.3) is 11.3 Å². The Balaban J connectivity index is 1.23. The van der Waals surface area contributed by atoms with Crippen molar-refractivity contribution in [1.29, 1.82) is 0 Å². The number of rotatable bonds is 6. The van der Waals surface area contributed by atoms with Crippen molar-refractivity contribution in [2.75, 3.05) is 38.6 Å². The quantitative estimate of drug-likeness (QED) is 0.724. The van der Waals surface area contributed by atoms with E-state index in [2.05, 4.69) is 71.3 Å². The van der Waals surface area contributed by atoms with E-state index in [4.69, 9.17) is 5.10 Å². The molecule has 6 nitrogen and oxygen atoms in total. The predicted molar refractivity (Wildman–Crippen MR) is 133 cm³/mol. The molecule has 33 heavy (non-hydrogen) atoms. The lowest BCUT2D eigenvalue weighted by Gasteiger charge is -2.50. The van der Waals surface area contributed by atoms with Crippen LogP contribution in [0.15, 0.2) is 30.3 Å². The number of nitrogens with zero attached hydrogens (tertiary/aromatic N) is 4. The van der Waals surface area contributed by atoms with Gasteiger partial charge in [-0.05, 0) is 56.3 Å². The van der Waals surface area contributed by atoms with Crippen molar-refractivity contribution in [2.45, 2.75) is 56.9 Å². The fraction of sp³-hybridized carbons (Fsp3) is 0.630. The summed E-state index contributed by atoms with van der Waals surface area (Å²) in [5.74, 6) is 1.75. The van der Waals surface area contributed by atoms with Gasteiger partial charge < -0.3 is 10.2 Å². The molecule has 2 bridgehead atoms. The first-order valence-corrected chi connectivity index (χ1v) is 12.8. The summed E-state index contributed by atoms with van der Waals surface area (Å²) in [5.41, 5.74) is 4.78. The Morgan fingerprint density at radius 2 is 1.88 bits per heavy atom. The Hall–Kier alpha value is -2.34. The van der Waals surface area contributed by atoms with Crippen molar-refractivity contribution in [3.8, 4) is 11.3 Å². The van der Waals surface area contributed by atoms with Crippen LogP contribution in [-0.2, 0) is 11.8 Å². The molecule has 6 rings (SSSR count). The van der Waals surface area contributed by atoms with E-state index in [9.17, 15) is 4.79 Å². The first-order chi connectivity index (χ1) is 16.0. The predicted octanol–water partition coefficient (Wildman–Crippen LogP) is 4.03. The van der Waals surface area contributed by atoms with Crippen LogP contribution in [0, 0.1) is 11.8 Å². The summed E-state index contributed by atoms with van der Waals surface area (Å²) in [6.45, 7) is 3.04. The third-order valence-corrected chi connectivity index (χ3v) is 8.34. The molecule has 3 saturated heterocycles. The van der Waals surface area contributed by atoms with Gasteiger partial charge in [0.05, 0.1) is 5.69 Å². The Bertz CT molecular complexity index is 959. The molecule has 1 aromatic carbocycles. The molecule has 4 aliphatic rings. The summed E-state index contributed by atoms with van der Waals surface area (Å²) < 4.78 is 2.10. The van der Waals surface area contributed by atoms with Gasteiger partial charge in [0.2, 0.25) is 5.91 Å². The molecule has 4 heterocycles. The molecule has 4 fully saturated rings. The highest BCUT2D eigenvalue weighted by Gasteiger charge is 2.42. The third kappa shape index (κ3) is 4.68. The minimum atomic E-state index is 0.252. The van der Waals surface area contributed by atoms with Gasteiger partial charge in [0, 0.05) is 69.1 Å². The molecule has 178 valence electrons. The molecule has 0 spiro atoms. The molecule has 1 saturated carbocycles. The highest BCUT2D eigenvalue weighted by molar-refractivity contribution is 5.78. The summed E-state index contributed by atoms with van der Waals surface area (Å²) in [6.07, 6.45) is 8.29. The second kappa shape index (κ2) is 9.49. The number of hydrogen-bond acceptors (Lipinski definition) is 4. The number of hydrogen-bond donors (Lipinski definition) is 1. The van der Waals surface area contributed by atoms with Crippen molar-refractivity contribution >= 4 is 11.6 Å². The van der Waals surface area contributed by atoms with Crippen molar-refractivity contribution in [3.63, 3.8) is 0 Å². The van der Waals surface area contributed by atoms with E-state index < -0.39 is 0 Å². The van der Waals surface area contributed by atoms with Gasteiger partial charge in [0.25, 0.3) is 0 Å². The zero-order valence-corrected chi connectivity index (χ0v) is 20.5. The molecule has 3 aliphatic heterocycles. The smallest absolute Gasteiger partial charge is 0.223 e. The van der Waals surface area contributed by atoms with Crippen LogP contribution in [-0.4, -0.2) is 60.4 Å². The van der Waals surface area contributed by atoms with E-state index in [0.717, 1.165) is 38.2 Å². The summed E-state index contributed by atoms with van der Waals surface area (Å²) in [7, 11) is 6.22. The number of piperidine rings is 3. The van der Waals surface area contributed by atoms with Crippen molar-refractivity contribution in [2.24, 2.45) is 18.9 Å². The molecule has 4 atom stereocenters. The van der Waals surface area contributed by atoms with Crippen LogP contribution in [0.1, 0.15) is 56.6 Å². The van der Waals surface area contributed by atoms with Gasteiger partial charge in [-0.3, -0.25) is 14.4 Å². The van der Waals surface area contributed by atoms with Crippen LogP contribution < -0.4 is 10.2 Å². The van der Waals surface area contributed by atoms with E-state index >= 15 is 0 Å². The standard InChI is InChI=1S/C27H39N5O/c1-30(2)22-11-9-19(10-12-22)25-16-26(31(3)29-25)24-18-32-14-13-21(24)15-23(32)17-28-27(33)20-7-5-4-6-8-20/h9-12,16,20-21,23-24H,4-8,13-15,17-18H2,1-3H3,(H,28,33)/t21-,23+,24+/m0/s1. The van der Waals surface area contributed by atoms with E-state index in [0.29, 0.717) is 23.8 Å². The summed E-state index contributed by atoms with van der Waals surface area (Å²) in [4.78, 5) is 17.4. The zero-order chi connectivity index (χ0) is 22.9. The van der Waals surface area contributed by atoms with Crippen LogP contribution in [0.4, 0.5) is 5.69 Å². The maximum atomic E-state index is 12.6. The highest BCUT2D eigenvalue weighted by atomic mass is 16.1. The summed E-state index contributed by atoms with van der Waals surface area (Å²) in [6, 6.07) is 11.4. The number of amides is 1. The van der Waals surface area contributed by atoms with Gasteiger partial charge in [-0.15, -0.1) is 0 Å². The van der Waals surface area contributed by atoms with E-state index in [1.54, 1.807) is 0 Å². The lowest BCUT2D eigenvalue weighted by atomic mass is 9.74. The van der Waals surface area contributed by atoms with Crippen LogP contribution in [0.2, 0.25) is 0 Å². The van der Waals surface area contributed by atoms with Gasteiger partial charge in [0.15, 0.2) is 0 Å². The monoisotopic (exact) mass is 449 g/mol. The van der Waals surface area contributed by atoms with Crippen LogP contribution in [0.3, 0.4) is 0 Å². The molecular weight excluding hydrogens is 410 g/mol. The first-order valence-electron chi connectivity index (χ1n) is 12.8. The van der Waals surface area contributed by atoms with Crippen molar-refractivity contribution < 1.29 is 4.79 Å². The van der Waals surface area contributed by atoms with Crippen molar-refractivity contribution in [3.05, 3.63) is 36.0 Å². The summed E-state index contributed by atoms with van der Waals surface area (Å²) >= 11 is 0. The fourth-order valence-electron chi connectivity index (χ4n) is 6.31. The number of fused-ring (bicyclic) bond motifs is 3. The maximum Gasteiger partial charge on any atom is 0.223 e. The number of aryl methyl sites for hydroxylation is 1. The SMILES string of the molecule is CN(C)c1ccc(-c2cc([C@@H]3CN4CC[C@H]3C[C@@H]4CNC(=O)C3CCCCC3)n(C)n2)cc1. The van der Waals surface area contributed by atoms with Gasteiger partial charge in [0.1, 0.15) is 0 Å². The van der Waals surface area contributed by atoms with E-state index in [1.165, 1.54) is 49.0 Å². The maximum absolute atomic E-state index is 12.6. The number of aromatic nitrogens is 2. The minimum Gasteiger partial charge on any atom is -0.378 e. The topological polar surface area (TPSA) is 53.4 Å². The van der Waals surface area contributed by atoms with Gasteiger partial charge in [-0.1, -0.05) is 31.4 Å². The molecule has 1 aromatic heterocycles. The van der Waals surface area contributed by atoms with Gasteiger partial charge >= 0.3 is 0 Å². The largest absolute Gasteiger partial charge is 0.378 e. The molecule has 1 aliphatic carbocycles. The molecular formula is C27H39N5O. The second-order valence-electron chi connectivity index (χ2n) is 10.6. The summed E-state index contributed by atoms with van der Waals surface area (Å²) in [5, 5.41) is 8.18. The molecule has 1 N–H and O–H groups in total. The fourth-order valence-corrected chi connectivity index (χ4v) is 6.31. The van der Waals surface area contributed by atoms with Crippen LogP contribution >= 0.6 is 0 Å². The minimum absolute atomic E-state index is 0.252. The normalized spacial score (nSPS) is 27.5.